The molecule has 0 radical (unpaired) electrons. The lowest BCUT2D eigenvalue weighted by molar-refractivity contribution is -0.0167. The molecule has 0 saturated heterocycles. The highest BCUT2D eigenvalue weighted by Gasteiger charge is 2.36. The van der Waals surface area contributed by atoms with Crippen LogP contribution in [0.15, 0.2) is 11.5 Å². The van der Waals surface area contributed by atoms with E-state index in [0.717, 1.165) is 24.7 Å². The number of hydrogen-bond donors (Lipinski definition) is 0. The van der Waals surface area contributed by atoms with Crippen molar-refractivity contribution in [3.8, 4) is 0 Å². The maximum Gasteiger partial charge on any atom is 0.359 e. The Kier molecular flexibility index (Phi) is 7.41. The summed E-state index contributed by atoms with van der Waals surface area (Å²) in [6, 6.07) is 0. The Balaban J connectivity index is 3.03. The van der Waals surface area contributed by atoms with Gasteiger partial charge in [-0.05, 0) is 47.0 Å². The highest BCUT2D eigenvalue weighted by atomic mass is 31.2. The van der Waals surface area contributed by atoms with Crippen molar-refractivity contribution in [1.82, 2.24) is 4.90 Å². The zero-order valence-electron chi connectivity index (χ0n) is 14.2. The third-order valence-electron chi connectivity index (χ3n) is 3.14. The average molecular weight is 319 g/mol. The number of allylic oxidation sites excluding steroid dienone is 1. The molecule has 0 bridgehead atoms. The van der Waals surface area contributed by atoms with Crippen LogP contribution in [0.5, 0.6) is 0 Å². The van der Waals surface area contributed by atoms with E-state index in [-0.39, 0.29) is 18.4 Å². The molecule has 0 aliphatic carbocycles. The molecule has 124 valence electrons. The van der Waals surface area contributed by atoms with Crippen molar-refractivity contribution in [1.29, 1.82) is 0 Å². The van der Waals surface area contributed by atoms with Crippen LogP contribution in [-0.2, 0) is 18.3 Å². The van der Waals surface area contributed by atoms with Crippen molar-refractivity contribution in [2.75, 3.05) is 13.7 Å². The Hall–Kier alpha value is -0.350. The molecule has 1 aliphatic heterocycles. The van der Waals surface area contributed by atoms with Crippen LogP contribution in [0.1, 0.15) is 53.9 Å². The van der Waals surface area contributed by atoms with Gasteiger partial charge >= 0.3 is 7.60 Å². The summed E-state index contributed by atoms with van der Waals surface area (Å²) in [6.07, 6.45) is 4.16. The smallest absolute Gasteiger partial charge is 0.359 e. The SMILES string of the molecule is CCCN1C=C(P(=O)(OC(C)C)OC(C)C)CCC1OC. The maximum absolute atomic E-state index is 13.2. The van der Waals surface area contributed by atoms with Gasteiger partial charge in [-0.15, -0.1) is 0 Å². The minimum Gasteiger partial charge on any atom is -0.362 e. The molecule has 0 aromatic rings. The summed E-state index contributed by atoms with van der Waals surface area (Å²) in [6.45, 7) is 10.5. The van der Waals surface area contributed by atoms with E-state index in [0.29, 0.717) is 6.42 Å². The zero-order valence-corrected chi connectivity index (χ0v) is 15.1. The summed E-state index contributed by atoms with van der Waals surface area (Å²) in [7, 11) is -1.53. The Labute approximate surface area is 129 Å². The van der Waals surface area contributed by atoms with Crippen LogP contribution < -0.4 is 0 Å². The number of rotatable bonds is 8. The first-order valence-electron chi connectivity index (χ1n) is 7.79. The molecular weight excluding hydrogens is 289 g/mol. The van der Waals surface area contributed by atoms with Crippen molar-refractivity contribution in [2.45, 2.75) is 72.3 Å². The highest BCUT2D eigenvalue weighted by Crippen LogP contribution is 2.60. The molecule has 1 rings (SSSR count). The lowest BCUT2D eigenvalue weighted by Crippen LogP contribution is -2.36. The van der Waals surface area contributed by atoms with Crippen molar-refractivity contribution < 1.29 is 18.3 Å². The zero-order chi connectivity index (χ0) is 16.0. The molecule has 1 atom stereocenters. The molecular formula is C15H30NO4P. The van der Waals surface area contributed by atoms with E-state index in [1.165, 1.54) is 0 Å². The highest BCUT2D eigenvalue weighted by molar-refractivity contribution is 7.58. The second-order valence-corrected chi connectivity index (χ2v) is 7.88. The minimum atomic E-state index is -3.24. The summed E-state index contributed by atoms with van der Waals surface area (Å²) >= 11 is 0. The van der Waals surface area contributed by atoms with E-state index >= 15 is 0 Å². The first-order valence-corrected chi connectivity index (χ1v) is 9.33. The predicted octanol–water partition coefficient (Wildman–Crippen LogP) is 4.35. The van der Waals surface area contributed by atoms with E-state index in [1.807, 2.05) is 33.9 Å². The monoisotopic (exact) mass is 319 g/mol. The van der Waals surface area contributed by atoms with Gasteiger partial charge < -0.3 is 18.7 Å². The van der Waals surface area contributed by atoms with Gasteiger partial charge in [0.2, 0.25) is 0 Å². The van der Waals surface area contributed by atoms with Gasteiger partial charge in [0.1, 0.15) is 6.23 Å². The molecule has 0 aromatic carbocycles. The molecule has 1 heterocycles. The summed E-state index contributed by atoms with van der Waals surface area (Å²) in [5.41, 5.74) is 0. The molecule has 0 aromatic heterocycles. The van der Waals surface area contributed by atoms with Crippen LogP contribution in [0.4, 0.5) is 0 Å². The average Bonchev–Trinajstić information content (AvgIpc) is 2.37. The van der Waals surface area contributed by atoms with Crippen LogP contribution in [-0.4, -0.2) is 37.0 Å². The Morgan fingerprint density at radius 2 is 1.86 bits per heavy atom. The number of nitrogens with zero attached hydrogens (tertiary/aromatic N) is 1. The van der Waals surface area contributed by atoms with Gasteiger partial charge in [-0.3, -0.25) is 4.57 Å². The van der Waals surface area contributed by atoms with E-state index in [1.54, 1.807) is 7.11 Å². The van der Waals surface area contributed by atoms with Crippen LogP contribution in [0, 0.1) is 0 Å². The second-order valence-electron chi connectivity index (χ2n) is 5.89. The minimum absolute atomic E-state index is 0.0419. The lowest BCUT2D eigenvalue weighted by Gasteiger charge is -2.36. The summed E-state index contributed by atoms with van der Waals surface area (Å²) in [4.78, 5) is 2.10. The second kappa shape index (κ2) is 8.33. The fourth-order valence-corrected chi connectivity index (χ4v) is 4.54. The van der Waals surface area contributed by atoms with Crippen molar-refractivity contribution in [3.05, 3.63) is 11.5 Å². The summed E-state index contributed by atoms with van der Waals surface area (Å²) < 4.78 is 30.0. The molecule has 21 heavy (non-hydrogen) atoms. The molecule has 0 amide bonds. The largest absolute Gasteiger partial charge is 0.362 e. The third kappa shape index (κ3) is 5.41. The molecule has 0 N–H and O–H groups in total. The summed E-state index contributed by atoms with van der Waals surface area (Å²) in [5.74, 6) is 0. The van der Waals surface area contributed by atoms with Gasteiger partial charge in [0.25, 0.3) is 0 Å². The van der Waals surface area contributed by atoms with E-state index in [9.17, 15) is 4.57 Å². The summed E-state index contributed by atoms with van der Waals surface area (Å²) in [5, 5.41) is 0.756. The molecule has 0 saturated carbocycles. The molecule has 6 heteroatoms. The van der Waals surface area contributed by atoms with Gasteiger partial charge in [-0.1, -0.05) is 6.92 Å². The van der Waals surface area contributed by atoms with Crippen LogP contribution in [0.3, 0.4) is 0 Å². The van der Waals surface area contributed by atoms with E-state index < -0.39 is 7.60 Å². The molecule has 5 nitrogen and oxygen atoms in total. The van der Waals surface area contributed by atoms with Crippen molar-refractivity contribution in [3.63, 3.8) is 0 Å². The van der Waals surface area contributed by atoms with Gasteiger partial charge in [0, 0.05) is 19.9 Å². The standard InChI is InChI=1S/C15H30NO4P/c1-7-10-16-11-14(8-9-15(16)18-6)21(17,19-12(2)3)20-13(4)5/h11-13,15H,7-10H2,1-6H3. The molecule has 1 aliphatic rings. The Bertz CT molecular complexity index is 381. The van der Waals surface area contributed by atoms with Crippen LogP contribution >= 0.6 is 7.60 Å². The number of ether oxygens (including phenoxy) is 1. The quantitative estimate of drug-likeness (QED) is 0.623. The van der Waals surface area contributed by atoms with Crippen molar-refractivity contribution in [2.24, 2.45) is 0 Å². The van der Waals surface area contributed by atoms with Crippen LogP contribution in [0.25, 0.3) is 0 Å². The normalized spacial score (nSPS) is 20.3. The first-order chi connectivity index (χ1) is 9.82. The molecule has 0 fully saturated rings. The molecule has 0 spiro atoms. The Morgan fingerprint density at radius 1 is 1.29 bits per heavy atom. The number of hydrogen-bond acceptors (Lipinski definition) is 5. The first kappa shape index (κ1) is 18.7. The molecule has 1 unspecified atom stereocenters. The fourth-order valence-electron chi connectivity index (χ4n) is 2.42. The fraction of sp³-hybridized carbons (Fsp3) is 0.867. The van der Waals surface area contributed by atoms with E-state index in [4.69, 9.17) is 13.8 Å². The predicted molar refractivity (Wildman–Crippen MR) is 85.2 cm³/mol. The van der Waals surface area contributed by atoms with Crippen molar-refractivity contribution >= 4 is 7.60 Å². The number of methoxy groups -OCH3 is 1. The third-order valence-corrected chi connectivity index (χ3v) is 5.58. The van der Waals surface area contributed by atoms with Gasteiger partial charge in [0.15, 0.2) is 0 Å². The lowest BCUT2D eigenvalue weighted by atomic mass is 10.2. The van der Waals surface area contributed by atoms with Crippen LogP contribution in [0.2, 0.25) is 0 Å². The van der Waals surface area contributed by atoms with Gasteiger partial charge in [0.05, 0.1) is 17.5 Å². The van der Waals surface area contributed by atoms with E-state index in [2.05, 4.69) is 11.8 Å². The Morgan fingerprint density at radius 3 is 2.29 bits per heavy atom. The van der Waals surface area contributed by atoms with Gasteiger partial charge in [-0.25, -0.2) is 0 Å². The maximum atomic E-state index is 13.2. The topological polar surface area (TPSA) is 48.0 Å². The van der Waals surface area contributed by atoms with Gasteiger partial charge in [-0.2, -0.15) is 0 Å².